The van der Waals surface area contributed by atoms with Crippen LogP contribution in [0.4, 0.5) is 4.79 Å². The molecule has 6 heteroatoms. The van der Waals surface area contributed by atoms with Crippen LogP contribution in [-0.2, 0) is 14.3 Å². The average molecular weight is 218 g/mol. The summed E-state index contributed by atoms with van der Waals surface area (Å²) in [7, 11) is 1.19. The summed E-state index contributed by atoms with van der Waals surface area (Å²) in [4.78, 5) is 22.2. The molecule has 0 heterocycles. The van der Waals surface area contributed by atoms with Crippen LogP contribution in [0.1, 0.15) is 26.7 Å². The topological polar surface area (TPSA) is 90.6 Å². The van der Waals surface area contributed by atoms with Crippen molar-refractivity contribution in [2.24, 2.45) is 5.73 Å². The molecule has 0 unspecified atom stereocenters. The van der Waals surface area contributed by atoms with Gasteiger partial charge in [-0.2, -0.15) is 0 Å². The van der Waals surface area contributed by atoms with E-state index in [1.165, 1.54) is 14.0 Å². The zero-order valence-corrected chi connectivity index (χ0v) is 9.33. The Bertz CT molecular complexity index is 228. The van der Waals surface area contributed by atoms with Gasteiger partial charge in [0.1, 0.15) is 0 Å². The molecule has 0 saturated carbocycles. The first kappa shape index (κ1) is 13.7. The molecule has 0 aromatic heterocycles. The molecule has 88 valence electrons. The second-order valence-corrected chi connectivity index (χ2v) is 3.31. The van der Waals surface area contributed by atoms with E-state index in [4.69, 9.17) is 10.5 Å². The summed E-state index contributed by atoms with van der Waals surface area (Å²) in [5.74, 6) is -0.727. The quantitative estimate of drug-likeness (QED) is 0.395. The number of nitrogens with one attached hydrogen (secondary N) is 1. The minimum absolute atomic E-state index is 0.305. The fourth-order valence-corrected chi connectivity index (χ4v) is 0.820. The third kappa shape index (κ3) is 5.21. The van der Waals surface area contributed by atoms with Crippen LogP contribution in [-0.4, -0.2) is 31.4 Å². The molecule has 0 aromatic carbocycles. The zero-order chi connectivity index (χ0) is 11.9. The Balaban J connectivity index is 3.99. The van der Waals surface area contributed by atoms with Crippen molar-refractivity contribution >= 4 is 12.1 Å². The van der Waals surface area contributed by atoms with Crippen LogP contribution in [0.5, 0.6) is 0 Å². The van der Waals surface area contributed by atoms with E-state index >= 15 is 0 Å². The molecule has 0 aliphatic rings. The van der Waals surface area contributed by atoms with Crippen LogP contribution in [0.25, 0.3) is 0 Å². The van der Waals surface area contributed by atoms with Gasteiger partial charge in [-0.05, 0) is 13.3 Å². The Morgan fingerprint density at radius 1 is 1.47 bits per heavy atom. The number of hydrogen-bond acceptors (Lipinski definition) is 5. The summed E-state index contributed by atoms with van der Waals surface area (Å²) >= 11 is 0. The maximum absolute atomic E-state index is 11.1. The summed E-state index contributed by atoms with van der Waals surface area (Å²) in [6, 6.07) is 0. The normalized spacial score (nSPS) is 13.9. The standard InChI is InChI=1S/C9H18N2O4/c1-4-5-6-15-8(13)11-9(2,10)7(12)14-3/h4-6,10H2,1-3H3,(H,11,13)/t9-/m1/s1. The van der Waals surface area contributed by atoms with E-state index in [1.54, 1.807) is 0 Å². The molecule has 0 fully saturated rings. The number of carbonyl (C=O) groups is 2. The summed E-state index contributed by atoms with van der Waals surface area (Å²) < 4.78 is 9.18. The Morgan fingerprint density at radius 2 is 2.07 bits per heavy atom. The number of ether oxygens (including phenoxy) is 2. The number of nitrogens with two attached hydrogens (primary N) is 1. The lowest BCUT2D eigenvalue weighted by Gasteiger charge is -2.22. The van der Waals surface area contributed by atoms with Crippen molar-refractivity contribution in [1.82, 2.24) is 5.32 Å². The van der Waals surface area contributed by atoms with Gasteiger partial charge < -0.3 is 9.47 Å². The Hall–Kier alpha value is -1.30. The van der Waals surface area contributed by atoms with Gasteiger partial charge in [0.25, 0.3) is 0 Å². The molecule has 0 rings (SSSR count). The van der Waals surface area contributed by atoms with Gasteiger partial charge in [0.2, 0.25) is 0 Å². The predicted molar refractivity (Wildman–Crippen MR) is 54.0 cm³/mol. The lowest BCUT2D eigenvalue weighted by molar-refractivity contribution is -0.147. The molecule has 6 nitrogen and oxygen atoms in total. The first-order chi connectivity index (χ1) is 6.94. The van der Waals surface area contributed by atoms with Crippen LogP contribution in [0.15, 0.2) is 0 Å². The number of esters is 1. The second-order valence-electron chi connectivity index (χ2n) is 3.31. The largest absolute Gasteiger partial charge is 0.466 e. The van der Waals surface area contributed by atoms with E-state index in [1.807, 2.05) is 6.92 Å². The Kier molecular flexibility index (Phi) is 5.69. The number of rotatable bonds is 5. The monoisotopic (exact) mass is 218 g/mol. The molecule has 0 aromatic rings. The molecule has 0 aliphatic carbocycles. The van der Waals surface area contributed by atoms with E-state index in [0.29, 0.717) is 6.61 Å². The lowest BCUT2D eigenvalue weighted by atomic mass is 10.2. The van der Waals surface area contributed by atoms with Gasteiger partial charge in [0, 0.05) is 0 Å². The Labute approximate surface area is 89.1 Å². The molecule has 0 radical (unpaired) electrons. The molecule has 3 N–H and O–H groups in total. The number of alkyl carbamates (subject to hydrolysis) is 1. The van der Waals surface area contributed by atoms with Gasteiger partial charge in [-0.1, -0.05) is 13.3 Å². The minimum Gasteiger partial charge on any atom is -0.466 e. The number of amides is 1. The van der Waals surface area contributed by atoms with Gasteiger partial charge in [-0.25, -0.2) is 9.59 Å². The smallest absolute Gasteiger partial charge is 0.409 e. The number of carbonyl (C=O) groups excluding carboxylic acids is 2. The van der Waals surface area contributed by atoms with E-state index in [9.17, 15) is 9.59 Å². The second kappa shape index (κ2) is 6.23. The molecular weight excluding hydrogens is 200 g/mol. The van der Waals surface area contributed by atoms with E-state index in [-0.39, 0.29) is 0 Å². The molecule has 0 spiro atoms. The number of unbranched alkanes of at least 4 members (excludes halogenated alkanes) is 1. The highest BCUT2D eigenvalue weighted by molar-refractivity contribution is 5.84. The van der Waals surface area contributed by atoms with Crippen molar-refractivity contribution in [3.8, 4) is 0 Å². The highest BCUT2D eigenvalue weighted by atomic mass is 16.6. The van der Waals surface area contributed by atoms with Gasteiger partial charge in [0.05, 0.1) is 13.7 Å². The van der Waals surface area contributed by atoms with Gasteiger partial charge in [0.15, 0.2) is 5.66 Å². The minimum atomic E-state index is -1.56. The maximum atomic E-state index is 11.1. The van der Waals surface area contributed by atoms with Crippen LogP contribution >= 0.6 is 0 Å². The summed E-state index contributed by atoms with van der Waals surface area (Å²) in [5, 5.41) is 2.21. The molecule has 1 amide bonds. The molecule has 0 bridgehead atoms. The average Bonchev–Trinajstić information content (AvgIpc) is 2.16. The van der Waals surface area contributed by atoms with Crippen molar-refractivity contribution in [1.29, 1.82) is 0 Å². The lowest BCUT2D eigenvalue weighted by Crippen LogP contribution is -2.59. The third-order valence-electron chi connectivity index (χ3n) is 1.70. The maximum Gasteiger partial charge on any atom is 0.409 e. The van der Waals surface area contributed by atoms with Gasteiger partial charge in [-0.3, -0.25) is 11.1 Å². The first-order valence-electron chi connectivity index (χ1n) is 4.76. The fourth-order valence-electron chi connectivity index (χ4n) is 0.820. The third-order valence-corrected chi connectivity index (χ3v) is 1.70. The van der Waals surface area contributed by atoms with Crippen molar-refractivity contribution < 1.29 is 19.1 Å². The van der Waals surface area contributed by atoms with Crippen molar-refractivity contribution in [2.75, 3.05) is 13.7 Å². The van der Waals surface area contributed by atoms with Gasteiger partial charge in [-0.15, -0.1) is 0 Å². The van der Waals surface area contributed by atoms with Crippen LogP contribution in [0, 0.1) is 0 Å². The van der Waals surface area contributed by atoms with E-state index < -0.39 is 17.7 Å². The van der Waals surface area contributed by atoms with Crippen molar-refractivity contribution in [3.05, 3.63) is 0 Å². The van der Waals surface area contributed by atoms with Crippen LogP contribution < -0.4 is 11.1 Å². The van der Waals surface area contributed by atoms with E-state index in [2.05, 4.69) is 10.1 Å². The highest BCUT2D eigenvalue weighted by Crippen LogP contribution is 1.98. The molecule has 0 saturated heterocycles. The van der Waals surface area contributed by atoms with Gasteiger partial charge >= 0.3 is 12.1 Å². The summed E-state index contributed by atoms with van der Waals surface area (Å²) in [5.41, 5.74) is 3.93. The Morgan fingerprint density at radius 3 is 2.53 bits per heavy atom. The van der Waals surface area contributed by atoms with Crippen LogP contribution in [0.3, 0.4) is 0 Å². The SMILES string of the molecule is CCCCOC(=O)N[C@@](C)(N)C(=O)OC. The highest BCUT2D eigenvalue weighted by Gasteiger charge is 2.31. The number of methoxy groups -OCH3 is 1. The molecule has 0 aliphatic heterocycles. The molecular formula is C9H18N2O4. The summed E-state index contributed by atoms with van der Waals surface area (Å²) in [6.45, 7) is 3.61. The molecule has 15 heavy (non-hydrogen) atoms. The zero-order valence-electron chi connectivity index (χ0n) is 9.33. The molecule has 1 atom stereocenters. The summed E-state index contributed by atoms with van der Waals surface area (Å²) in [6.07, 6.45) is 0.968. The van der Waals surface area contributed by atoms with Crippen LogP contribution in [0.2, 0.25) is 0 Å². The first-order valence-corrected chi connectivity index (χ1v) is 4.76. The van der Waals surface area contributed by atoms with Crippen molar-refractivity contribution in [2.45, 2.75) is 32.4 Å². The van der Waals surface area contributed by atoms with Crippen molar-refractivity contribution in [3.63, 3.8) is 0 Å². The van der Waals surface area contributed by atoms with E-state index in [0.717, 1.165) is 12.8 Å². The predicted octanol–water partition coefficient (Wildman–Crippen LogP) is 0.361. The number of hydrogen-bond donors (Lipinski definition) is 2. The fraction of sp³-hybridized carbons (Fsp3) is 0.778.